The van der Waals surface area contributed by atoms with E-state index in [0.29, 0.717) is 0 Å². The Kier molecular flexibility index (Phi) is 3.67. The fourth-order valence-electron chi connectivity index (χ4n) is 3.56. The SMILES string of the molecule is NCC1CCN(C2CCOC3(CCSC3)C2)C1. The highest BCUT2D eigenvalue weighted by Crippen LogP contribution is 2.40. The Labute approximate surface area is 108 Å². The second-order valence-electron chi connectivity index (χ2n) is 5.87. The second kappa shape index (κ2) is 5.08. The van der Waals surface area contributed by atoms with Crippen LogP contribution in [0.25, 0.3) is 0 Å². The molecule has 0 amide bonds. The van der Waals surface area contributed by atoms with E-state index in [-0.39, 0.29) is 5.60 Å². The minimum absolute atomic E-state index is 0.231. The van der Waals surface area contributed by atoms with Crippen molar-refractivity contribution in [2.75, 3.05) is 37.7 Å². The molecule has 0 aromatic rings. The molecular weight excluding hydrogens is 232 g/mol. The van der Waals surface area contributed by atoms with E-state index in [1.165, 1.54) is 50.3 Å². The van der Waals surface area contributed by atoms with Gasteiger partial charge in [-0.2, -0.15) is 11.8 Å². The Morgan fingerprint density at radius 3 is 3.06 bits per heavy atom. The van der Waals surface area contributed by atoms with Gasteiger partial charge in [0.2, 0.25) is 0 Å². The predicted octanol–water partition coefficient (Wildman–Crippen LogP) is 1.32. The van der Waals surface area contributed by atoms with Crippen molar-refractivity contribution in [3.05, 3.63) is 0 Å². The van der Waals surface area contributed by atoms with Crippen LogP contribution < -0.4 is 5.73 Å². The Morgan fingerprint density at radius 2 is 2.35 bits per heavy atom. The van der Waals surface area contributed by atoms with Gasteiger partial charge in [-0.15, -0.1) is 0 Å². The van der Waals surface area contributed by atoms with Crippen LogP contribution in [0.1, 0.15) is 25.7 Å². The third-order valence-corrected chi connectivity index (χ3v) is 5.92. The molecule has 3 fully saturated rings. The summed E-state index contributed by atoms with van der Waals surface area (Å²) in [6.07, 6.45) is 5.05. The van der Waals surface area contributed by atoms with Crippen LogP contribution in [0.15, 0.2) is 0 Å². The Morgan fingerprint density at radius 1 is 1.41 bits per heavy atom. The van der Waals surface area contributed by atoms with Crippen LogP contribution in [-0.2, 0) is 4.74 Å². The van der Waals surface area contributed by atoms with Gasteiger partial charge in [-0.25, -0.2) is 0 Å². The van der Waals surface area contributed by atoms with Gasteiger partial charge < -0.3 is 10.5 Å². The number of nitrogens with two attached hydrogens (primary N) is 1. The second-order valence-corrected chi connectivity index (χ2v) is 6.97. The first-order chi connectivity index (χ1) is 8.31. The van der Waals surface area contributed by atoms with Crippen LogP contribution in [-0.4, -0.2) is 54.3 Å². The van der Waals surface area contributed by atoms with Crippen molar-refractivity contribution in [3.63, 3.8) is 0 Å². The molecule has 4 heteroatoms. The third-order valence-electron chi connectivity index (χ3n) is 4.70. The molecule has 3 aliphatic heterocycles. The molecule has 0 bridgehead atoms. The molecular formula is C13H24N2OS. The molecule has 0 aliphatic carbocycles. The number of likely N-dealkylation sites (tertiary alicyclic amines) is 1. The first-order valence-electron chi connectivity index (χ1n) is 6.97. The number of thioether (sulfide) groups is 1. The molecule has 3 aliphatic rings. The summed E-state index contributed by atoms with van der Waals surface area (Å²) in [5.74, 6) is 3.25. The molecule has 1 spiro atoms. The summed E-state index contributed by atoms with van der Waals surface area (Å²) in [5, 5.41) is 0. The van der Waals surface area contributed by atoms with E-state index in [9.17, 15) is 0 Å². The fraction of sp³-hybridized carbons (Fsp3) is 1.00. The van der Waals surface area contributed by atoms with Gasteiger partial charge in [0.25, 0.3) is 0 Å². The Hall–Kier alpha value is 0.230. The summed E-state index contributed by atoms with van der Waals surface area (Å²) >= 11 is 2.07. The number of hydrogen-bond donors (Lipinski definition) is 1. The van der Waals surface area contributed by atoms with Crippen LogP contribution in [0.5, 0.6) is 0 Å². The number of ether oxygens (including phenoxy) is 1. The van der Waals surface area contributed by atoms with Gasteiger partial charge in [-0.05, 0) is 50.4 Å². The maximum atomic E-state index is 6.10. The lowest BCUT2D eigenvalue weighted by Gasteiger charge is -2.41. The standard InChI is InChI=1S/C13H24N2OS/c14-8-11-1-4-15(9-11)12-2-5-16-13(7-12)3-6-17-10-13/h11-12H,1-10,14H2. The van der Waals surface area contributed by atoms with Crippen LogP contribution in [0.2, 0.25) is 0 Å². The first-order valence-corrected chi connectivity index (χ1v) is 8.13. The van der Waals surface area contributed by atoms with Crippen LogP contribution in [0.3, 0.4) is 0 Å². The minimum Gasteiger partial charge on any atom is -0.374 e. The summed E-state index contributed by atoms with van der Waals surface area (Å²) in [4.78, 5) is 2.69. The molecule has 3 nitrogen and oxygen atoms in total. The van der Waals surface area contributed by atoms with E-state index in [1.807, 2.05) is 0 Å². The van der Waals surface area contributed by atoms with Crippen LogP contribution in [0, 0.1) is 5.92 Å². The summed E-state index contributed by atoms with van der Waals surface area (Å²) in [7, 11) is 0. The quantitative estimate of drug-likeness (QED) is 0.809. The maximum Gasteiger partial charge on any atom is 0.0795 e. The number of hydrogen-bond acceptors (Lipinski definition) is 4. The van der Waals surface area contributed by atoms with E-state index in [2.05, 4.69) is 16.7 Å². The van der Waals surface area contributed by atoms with E-state index >= 15 is 0 Å². The van der Waals surface area contributed by atoms with Gasteiger partial charge in [-0.3, -0.25) is 4.90 Å². The largest absolute Gasteiger partial charge is 0.374 e. The minimum atomic E-state index is 0.231. The number of rotatable bonds is 2. The van der Waals surface area contributed by atoms with Crippen LogP contribution >= 0.6 is 11.8 Å². The van der Waals surface area contributed by atoms with Crippen molar-refractivity contribution in [1.29, 1.82) is 0 Å². The molecule has 0 aromatic heterocycles. The average Bonchev–Trinajstić information content (AvgIpc) is 2.99. The van der Waals surface area contributed by atoms with Crippen molar-refractivity contribution in [2.24, 2.45) is 11.7 Å². The van der Waals surface area contributed by atoms with E-state index < -0.39 is 0 Å². The highest BCUT2D eigenvalue weighted by Gasteiger charge is 2.42. The molecule has 3 saturated heterocycles. The normalized spacial score (nSPS) is 43.6. The van der Waals surface area contributed by atoms with Crippen molar-refractivity contribution >= 4 is 11.8 Å². The molecule has 3 unspecified atom stereocenters. The Bertz CT molecular complexity index is 268. The van der Waals surface area contributed by atoms with Crippen molar-refractivity contribution in [3.8, 4) is 0 Å². The highest BCUT2D eigenvalue weighted by molar-refractivity contribution is 7.99. The maximum absolute atomic E-state index is 6.10. The van der Waals surface area contributed by atoms with E-state index in [4.69, 9.17) is 10.5 Å². The molecule has 3 rings (SSSR count). The van der Waals surface area contributed by atoms with Crippen molar-refractivity contribution < 1.29 is 4.74 Å². The molecule has 0 aromatic carbocycles. The molecule has 3 atom stereocenters. The van der Waals surface area contributed by atoms with Gasteiger partial charge in [0, 0.05) is 24.9 Å². The lowest BCUT2D eigenvalue weighted by Crippen LogP contribution is -2.48. The van der Waals surface area contributed by atoms with Gasteiger partial charge in [0.05, 0.1) is 5.60 Å². The van der Waals surface area contributed by atoms with E-state index in [1.54, 1.807) is 0 Å². The van der Waals surface area contributed by atoms with Gasteiger partial charge in [-0.1, -0.05) is 0 Å². The van der Waals surface area contributed by atoms with Crippen molar-refractivity contribution in [1.82, 2.24) is 4.90 Å². The molecule has 0 radical (unpaired) electrons. The average molecular weight is 256 g/mol. The summed E-state index contributed by atoms with van der Waals surface area (Å²) in [5.41, 5.74) is 6.02. The smallest absolute Gasteiger partial charge is 0.0795 e. The van der Waals surface area contributed by atoms with Gasteiger partial charge in [0.15, 0.2) is 0 Å². The highest BCUT2D eigenvalue weighted by atomic mass is 32.2. The molecule has 17 heavy (non-hydrogen) atoms. The lowest BCUT2D eigenvalue weighted by atomic mass is 9.89. The molecule has 2 N–H and O–H groups in total. The molecule has 3 heterocycles. The monoisotopic (exact) mass is 256 g/mol. The first kappa shape index (κ1) is 12.3. The Balaban J connectivity index is 1.60. The lowest BCUT2D eigenvalue weighted by molar-refractivity contribution is -0.0871. The van der Waals surface area contributed by atoms with Gasteiger partial charge >= 0.3 is 0 Å². The van der Waals surface area contributed by atoms with Crippen molar-refractivity contribution in [2.45, 2.75) is 37.3 Å². The zero-order chi connectivity index (χ0) is 11.7. The zero-order valence-corrected chi connectivity index (χ0v) is 11.4. The summed E-state index contributed by atoms with van der Waals surface area (Å²) in [6, 6.07) is 0.763. The summed E-state index contributed by atoms with van der Waals surface area (Å²) in [6.45, 7) is 4.32. The van der Waals surface area contributed by atoms with Crippen LogP contribution in [0.4, 0.5) is 0 Å². The number of nitrogens with zero attached hydrogens (tertiary/aromatic N) is 1. The molecule has 0 saturated carbocycles. The summed E-state index contributed by atoms with van der Waals surface area (Å²) < 4.78 is 6.10. The van der Waals surface area contributed by atoms with Gasteiger partial charge in [0.1, 0.15) is 0 Å². The third kappa shape index (κ3) is 2.50. The predicted molar refractivity (Wildman–Crippen MR) is 72.4 cm³/mol. The zero-order valence-electron chi connectivity index (χ0n) is 10.6. The van der Waals surface area contributed by atoms with E-state index in [0.717, 1.165) is 25.1 Å². The molecule has 98 valence electrons. The topological polar surface area (TPSA) is 38.5 Å². The fourth-order valence-corrected chi connectivity index (χ4v) is 4.94.